The normalized spacial score (nSPS) is 9.81. The molecule has 0 aliphatic rings. The fraction of sp³-hybridized carbons (Fsp3) is 0.500. The van der Waals surface area contributed by atoms with Crippen LogP contribution in [0.3, 0.4) is 0 Å². The molecule has 0 fully saturated rings. The second-order valence-electron chi connectivity index (χ2n) is 3.24. The molecule has 0 N–H and O–H groups in total. The molecule has 0 amide bonds. The molecule has 0 saturated heterocycles. The van der Waals surface area contributed by atoms with Crippen LogP contribution >= 0.6 is 0 Å². The molecule has 0 bridgehead atoms. The molecular weight excluding hydrogens is 202 g/mol. The lowest BCUT2D eigenvalue weighted by Gasteiger charge is -2.07. The molecular formula is C12H19N3O. The number of pyridine rings is 1. The van der Waals surface area contributed by atoms with Gasteiger partial charge in [0.05, 0.1) is 6.61 Å². The van der Waals surface area contributed by atoms with E-state index in [-0.39, 0.29) is 0 Å². The number of aromatic nitrogens is 3. The van der Waals surface area contributed by atoms with Gasteiger partial charge in [0.15, 0.2) is 5.65 Å². The zero-order valence-corrected chi connectivity index (χ0v) is 10.6. The molecule has 0 aliphatic carbocycles. The smallest absolute Gasteiger partial charge is 0.201 e. The molecule has 0 atom stereocenters. The summed E-state index contributed by atoms with van der Waals surface area (Å²) in [6, 6.07) is 3.98. The van der Waals surface area contributed by atoms with Crippen molar-refractivity contribution in [3.63, 3.8) is 0 Å². The molecule has 16 heavy (non-hydrogen) atoms. The summed E-state index contributed by atoms with van der Waals surface area (Å²) in [6.07, 6.45) is 0. The van der Waals surface area contributed by atoms with E-state index < -0.39 is 0 Å². The van der Waals surface area contributed by atoms with Gasteiger partial charge in [0.2, 0.25) is 5.88 Å². The van der Waals surface area contributed by atoms with E-state index in [4.69, 9.17) is 4.74 Å². The summed E-state index contributed by atoms with van der Waals surface area (Å²) in [5, 5.41) is 8.07. The summed E-state index contributed by atoms with van der Waals surface area (Å²) in [5.74, 6) is 1.66. The molecule has 0 unspecified atom stereocenters. The molecule has 2 rings (SSSR count). The molecule has 0 spiro atoms. The van der Waals surface area contributed by atoms with Crippen LogP contribution in [0.5, 0.6) is 5.88 Å². The van der Waals surface area contributed by atoms with Crippen molar-refractivity contribution in [2.45, 2.75) is 34.6 Å². The van der Waals surface area contributed by atoms with Crippen LogP contribution in [-0.4, -0.2) is 21.2 Å². The van der Waals surface area contributed by atoms with Gasteiger partial charge in [-0.05, 0) is 32.4 Å². The van der Waals surface area contributed by atoms with E-state index in [9.17, 15) is 0 Å². The predicted molar refractivity (Wildman–Crippen MR) is 65.0 cm³/mol. The van der Waals surface area contributed by atoms with Gasteiger partial charge in [-0.3, -0.25) is 0 Å². The highest BCUT2D eigenvalue weighted by atomic mass is 16.5. The number of aryl methyl sites for hydroxylation is 2. The maximum absolute atomic E-state index is 5.52. The van der Waals surface area contributed by atoms with E-state index in [2.05, 4.69) is 10.2 Å². The topological polar surface area (TPSA) is 39.4 Å². The first-order valence-corrected chi connectivity index (χ1v) is 5.67. The van der Waals surface area contributed by atoms with Gasteiger partial charge in [-0.2, -0.15) is 0 Å². The van der Waals surface area contributed by atoms with Crippen LogP contribution in [0.25, 0.3) is 5.65 Å². The van der Waals surface area contributed by atoms with Crippen molar-refractivity contribution in [3.8, 4) is 5.88 Å². The average Bonchev–Trinajstić information content (AvgIpc) is 2.63. The molecule has 4 nitrogen and oxygen atoms in total. The van der Waals surface area contributed by atoms with E-state index in [1.165, 1.54) is 0 Å². The average molecular weight is 221 g/mol. The lowest BCUT2D eigenvalue weighted by atomic mass is 10.3. The zero-order valence-electron chi connectivity index (χ0n) is 10.6. The van der Waals surface area contributed by atoms with Crippen molar-refractivity contribution in [1.29, 1.82) is 0 Å². The minimum absolute atomic E-state index is 0.649. The fourth-order valence-corrected chi connectivity index (χ4v) is 1.50. The molecule has 0 aromatic carbocycles. The first kappa shape index (κ1) is 12.5. The number of hydrogen-bond donors (Lipinski definition) is 0. The minimum Gasteiger partial charge on any atom is -0.479 e. The second kappa shape index (κ2) is 5.49. The van der Waals surface area contributed by atoms with E-state index >= 15 is 0 Å². The zero-order chi connectivity index (χ0) is 12.1. The SMILES string of the molecule is CC.CCOc1cc(C)cc2nnc(C)n12. The van der Waals surface area contributed by atoms with Crippen LogP contribution in [-0.2, 0) is 0 Å². The third kappa shape index (κ3) is 2.32. The maximum atomic E-state index is 5.52. The van der Waals surface area contributed by atoms with Gasteiger partial charge in [-0.15, -0.1) is 10.2 Å². The quantitative estimate of drug-likeness (QED) is 0.782. The van der Waals surface area contributed by atoms with Crippen molar-refractivity contribution in [2.75, 3.05) is 6.61 Å². The number of fused-ring (bicyclic) bond motifs is 1. The van der Waals surface area contributed by atoms with Gasteiger partial charge in [-0.25, -0.2) is 4.40 Å². The highest BCUT2D eigenvalue weighted by molar-refractivity contribution is 5.45. The van der Waals surface area contributed by atoms with E-state index in [1.807, 2.05) is 51.2 Å². The Kier molecular flexibility index (Phi) is 4.28. The standard InChI is InChI=1S/C10H13N3O.C2H6/c1-4-14-10-6-7(2)5-9-12-11-8(3)13(9)10;1-2/h5-6H,4H2,1-3H3;1-2H3. The van der Waals surface area contributed by atoms with Crippen LogP contribution in [0.1, 0.15) is 32.2 Å². The Morgan fingerprint density at radius 1 is 1.19 bits per heavy atom. The van der Waals surface area contributed by atoms with Gasteiger partial charge in [0.25, 0.3) is 0 Å². The van der Waals surface area contributed by atoms with Crippen molar-refractivity contribution < 1.29 is 4.74 Å². The van der Waals surface area contributed by atoms with E-state index in [0.717, 1.165) is 22.9 Å². The van der Waals surface area contributed by atoms with Gasteiger partial charge < -0.3 is 4.74 Å². The monoisotopic (exact) mass is 221 g/mol. The van der Waals surface area contributed by atoms with E-state index in [1.54, 1.807) is 0 Å². The Labute approximate surface area is 96.3 Å². The molecule has 4 heteroatoms. The largest absolute Gasteiger partial charge is 0.479 e. The lowest BCUT2D eigenvalue weighted by molar-refractivity contribution is 0.321. The molecule has 0 radical (unpaired) electrons. The first-order chi connectivity index (χ1) is 7.72. The summed E-state index contributed by atoms with van der Waals surface area (Å²) in [5.41, 5.74) is 1.97. The molecule has 2 aromatic heterocycles. The Morgan fingerprint density at radius 2 is 1.88 bits per heavy atom. The van der Waals surface area contributed by atoms with Crippen LogP contribution in [0, 0.1) is 13.8 Å². The Hall–Kier alpha value is -1.58. The molecule has 0 aliphatic heterocycles. The van der Waals surface area contributed by atoms with Crippen LogP contribution < -0.4 is 4.74 Å². The second-order valence-corrected chi connectivity index (χ2v) is 3.24. The van der Waals surface area contributed by atoms with Crippen LogP contribution in [0.15, 0.2) is 12.1 Å². The van der Waals surface area contributed by atoms with Crippen LogP contribution in [0.4, 0.5) is 0 Å². The van der Waals surface area contributed by atoms with Crippen LogP contribution in [0.2, 0.25) is 0 Å². The minimum atomic E-state index is 0.649. The van der Waals surface area contributed by atoms with Crippen molar-refractivity contribution >= 4 is 5.65 Å². The highest BCUT2D eigenvalue weighted by Gasteiger charge is 2.07. The molecule has 88 valence electrons. The predicted octanol–water partition coefficient (Wildman–Crippen LogP) is 2.77. The van der Waals surface area contributed by atoms with Crippen molar-refractivity contribution in [1.82, 2.24) is 14.6 Å². The summed E-state index contributed by atoms with van der Waals surface area (Å²) >= 11 is 0. The van der Waals surface area contributed by atoms with E-state index in [0.29, 0.717) is 6.61 Å². The first-order valence-electron chi connectivity index (χ1n) is 5.67. The lowest BCUT2D eigenvalue weighted by Crippen LogP contribution is -2.00. The molecule has 2 heterocycles. The molecule has 2 aromatic rings. The summed E-state index contributed by atoms with van der Waals surface area (Å²) in [4.78, 5) is 0. The summed E-state index contributed by atoms with van der Waals surface area (Å²) < 4.78 is 7.44. The number of hydrogen-bond acceptors (Lipinski definition) is 3. The Morgan fingerprint density at radius 3 is 2.50 bits per heavy atom. The van der Waals surface area contributed by atoms with Gasteiger partial charge in [0, 0.05) is 6.07 Å². The number of ether oxygens (including phenoxy) is 1. The van der Waals surface area contributed by atoms with Gasteiger partial charge in [0.1, 0.15) is 5.82 Å². The summed E-state index contributed by atoms with van der Waals surface area (Å²) in [7, 11) is 0. The maximum Gasteiger partial charge on any atom is 0.201 e. The molecule has 0 saturated carbocycles. The number of nitrogens with zero attached hydrogens (tertiary/aromatic N) is 3. The number of rotatable bonds is 2. The van der Waals surface area contributed by atoms with Crippen molar-refractivity contribution in [2.24, 2.45) is 0 Å². The Balaban J connectivity index is 0.000000606. The summed E-state index contributed by atoms with van der Waals surface area (Å²) in [6.45, 7) is 10.6. The highest BCUT2D eigenvalue weighted by Crippen LogP contribution is 2.17. The third-order valence-corrected chi connectivity index (χ3v) is 2.07. The van der Waals surface area contributed by atoms with Gasteiger partial charge >= 0.3 is 0 Å². The van der Waals surface area contributed by atoms with Crippen molar-refractivity contribution in [3.05, 3.63) is 23.5 Å². The fourth-order valence-electron chi connectivity index (χ4n) is 1.50. The Bertz CT molecular complexity index is 462. The third-order valence-electron chi connectivity index (χ3n) is 2.07. The van der Waals surface area contributed by atoms with Gasteiger partial charge in [-0.1, -0.05) is 13.8 Å².